The van der Waals surface area contributed by atoms with E-state index in [1.165, 1.54) is 24.0 Å². The van der Waals surface area contributed by atoms with Crippen LogP contribution in [0.3, 0.4) is 0 Å². The highest BCUT2D eigenvalue weighted by atomic mass is 14.8. The minimum Gasteiger partial charge on any atom is -0.313 e. The highest BCUT2D eigenvalue weighted by Gasteiger charge is 1.90. The van der Waals surface area contributed by atoms with Crippen LogP contribution in [0.2, 0.25) is 0 Å². The maximum Gasteiger partial charge on any atom is 0.0205 e. The maximum atomic E-state index is 3.42. The molecule has 0 bridgehead atoms. The second-order valence-corrected chi connectivity index (χ2v) is 3.52. The molecule has 1 aromatic rings. The summed E-state index contributed by atoms with van der Waals surface area (Å²) in [7, 11) is 0. The first-order valence-corrected chi connectivity index (χ1v) is 5.09. The van der Waals surface area contributed by atoms with Crippen molar-refractivity contribution in [2.24, 2.45) is 0 Å². The summed E-state index contributed by atoms with van der Waals surface area (Å²) in [6.45, 7) is 6.46. The van der Waals surface area contributed by atoms with Crippen molar-refractivity contribution >= 4 is 0 Å². The molecule has 1 N–H and O–H groups in total. The van der Waals surface area contributed by atoms with Crippen LogP contribution in [0.15, 0.2) is 24.3 Å². The molecule has 0 aliphatic carbocycles. The Morgan fingerprint density at radius 3 is 2.46 bits per heavy atom. The molecule has 0 aromatic heterocycles. The first kappa shape index (κ1) is 10.3. The Hall–Kier alpha value is -0.820. The Bertz CT molecular complexity index is 225. The molecule has 0 saturated heterocycles. The van der Waals surface area contributed by atoms with Gasteiger partial charge in [-0.2, -0.15) is 0 Å². The number of unbranched alkanes of at least 4 members (excludes halogenated alkanes) is 1. The third-order valence-electron chi connectivity index (χ3n) is 2.16. The van der Waals surface area contributed by atoms with E-state index in [1.807, 2.05) is 0 Å². The van der Waals surface area contributed by atoms with Crippen LogP contribution in [-0.2, 0) is 6.54 Å². The maximum absolute atomic E-state index is 3.42. The van der Waals surface area contributed by atoms with Gasteiger partial charge in [-0.1, -0.05) is 43.2 Å². The third-order valence-corrected chi connectivity index (χ3v) is 2.16. The van der Waals surface area contributed by atoms with E-state index in [1.54, 1.807) is 0 Å². The Morgan fingerprint density at radius 1 is 1.15 bits per heavy atom. The number of nitrogens with one attached hydrogen (secondary N) is 1. The molecular formula is C12H19N. The van der Waals surface area contributed by atoms with E-state index >= 15 is 0 Å². The lowest BCUT2D eigenvalue weighted by Gasteiger charge is -2.03. The van der Waals surface area contributed by atoms with Gasteiger partial charge in [0, 0.05) is 6.54 Å². The van der Waals surface area contributed by atoms with Crippen molar-refractivity contribution in [3.05, 3.63) is 35.4 Å². The lowest BCUT2D eigenvalue weighted by atomic mass is 10.1. The van der Waals surface area contributed by atoms with Crippen LogP contribution in [0.1, 0.15) is 30.9 Å². The van der Waals surface area contributed by atoms with Crippen LogP contribution in [0, 0.1) is 6.92 Å². The molecule has 1 nitrogen and oxygen atoms in total. The first-order valence-electron chi connectivity index (χ1n) is 5.09. The summed E-state index contributed by atoms with van der Waals surface area (Å²) in [5, 5.41) is 3.42. The molecule has 0 unspecified atom stereocenters. The third kappa shape index (κ3) is 4.09. The summed E-state index contributed by atoms with van der Waals surface area (Å²) in [6.07, 6.45) is 2.53. The summed E-state index contributed by atoms with van der Waals surface area (Å²) in [5.74, 6) is 0. The number of aryl methyl sites for hydroxylation is 1. The highest BCUT2D eigenvalue weighted by Crippen LogP contribution is 2.02. The van der Waals surface area contributed by atoms with Crippen LogP contribution in [-0.4, -0.2) is 6.54 Å². The number of benzene rings is 1. The van der Waals surface area contributed by atoms with Gasteiger partial charge in [0.05, 0.1) is 0 Å². The Morgan fingerprint density at radius 2 is 1.85 bits per heavy atom. The van der Waals surface area contributed by atoms with Crippen LogP contribution in [0.25, 0.3) is 0 Å². The van der Waals surface area contributed by atoms with E-state index in [2.05, 4.69) is 43.4 Å². The molecule has 0 spiro atoms. The monoisotopic (exact) mass is 177 g/mol. The van der Waals surface area contributed by atoms with E-state index < -0.39 is 0 Å². The van der Waals surface area contributed by atoms with Crippen molar-refractivity contribution in [2.45, 2.75) is 33.2 Å². The molecule has 0 atom stereocenters. The van der Waals surface area contributed by atoms with Gasteiger partial charge in [-0.25, -0.2) is 0 Å². The second-order valence-electron chi connectivity index (χ2n) is 3.52. The zero-order valence-corrected chi connectivity index (χ0v) is 8.64. The summed E-state index contributed by atoms with van der Waals surface area (Å²) >= 11 is 0. The molecular weight excluding hydrogens is 158 g/mol. The highest BCUT2D eigenvalue weighted by molar-refractivity contribution is 5.20. The average molecular weight is 177 g/mol. The van der Waals surface area contributed by atoms with E-state index in [0.29, 0.717) is 0 Å². The van der Waals surface area contributed by atoms with Crippen molar-refractivity contribution in [1.29, 1.82) is 0 Å². The van der Waals surface area contributed by atoms with Crippen LogP contribution >= 0.6 is 0 Å². The van der Waals surface area contributed by atoms with Gasteiger partial charge >= 0.3 is 0 Å². The fourth-order valence-corrected chi connectivity index (χ4v) is 1.24. The van der Waals surface area contributed by atoms with Crippen LogP contribution in [0.4, 0.5) is 0 Å². The van der Waals surface area contributed by atoms with Crippen molar-refractivity contribution in [2.75, 3.05) is 6.54 Å². The fourth-order valence-electron chi connectivity index (χ4n) is 1.24. The van der Waals surface area contributed by atoms with Gasteiger partial charge in [0.15, 0.2) is 0 Å². The molecule has 0 fully saturated rings. The van der Waals surface area contributed by atoms with Crippen molar-refractivity contribution in [3.8, 4) is 0 Å². The number of hydrogen-bond donors (Lipinski definition) is 1. The number of rotatable bonds is 5. The van der Waals surface area contributed by atoms with Crippen LogP contribution < -0.4 is 5.32 Å². The lowest BCUT2D eigenvalue weighted by molar-refractivity contribution is 0.641. The molecule has 0 aliphatic rings. The van der Waals surface area contributed by atoms with E-state index in [-0.39, 0.29) is 0 Å². The average Bonchev–Trinajstić information content (AvgIpc) is 2.15. The summed E-state index contributed by atoms with van der Waals surface area (Å²) in [5.41, 5.74) is 2.71. The topological polar surface area (TPSA) is 12.0 Å². The lowest BCUT2D eigenvalue weighted by Crippen LogP contribution is -2.14. The van der Waals surface area contributed by atoms with E-state index in [4.69, 9.17) is 0 Å². The van der Waals surface area contributed by atoms with Gasteiger partial charge in [-0.3, -0.25) is 0 Å². The molecule has 1 rings (SSSR count). The van der Waals surface area contributed by atoms with Crippen molar-refractivity contribution in [3.63, 3.8) is 0 Å². The summed E-state index contributed by atoms with van der Waals surface area (Å²) in [4.78, 5) is 0. The molecule has 0 saturated carbocycles. The van der Waals surface area contributed by atoms with Gasteiger partial charge < -0.3 is 5.32 Å². The number of hydrogen-bond acceptors (Lipinski definition) is 1. The van der Waals surface area contributed by atoms with Crippen molar-refractivity contribution < 1.29 is 0 Å². The quantitative estimate of drug-likeness (QED) is 0.682. The zero-order chi connectivity index (χ0) is 9.52. The molecule has 72 valence electrons. The summed E-state index contributed by atoms with van der Waals surface area (Å²) in [6, 6.07) is 8.70. The normalized spacial score (nSPS) is 10.3. The summed E-state index contributed by atoms with van der Waals surface area (Å²) < 4.78 is 0. The van der Waals surface area contributed by atoms with Gasteiger partial charge in [0.25, 0.3) is 0 Å². The van der Waals surface area contributed by atoms with E-state index in [0.717, 1.165) is 13.1 Å². The zero-order valence-electron chi connectivity index (χ0n) is 8.64. The largest absolute Gasteiger partial charge is 0.313 e. The van der Waals surface area contributed by atoms with Crippen molar-refractivity contribution in [1.82, 2.24) is 5.32 Å². The molecule has 0 amide bonds. The molecule has 13 heavy (non-hydrogen) atoms. The molecule has 1 heteroatoms. The van der Waals surface area contributed by atoms with Gasteiger partial charge in [0.2, 0.25) is 0 Å². The first-order chi connectivity index (χ1) is 6.33. The van der Waals surface area contributed by atoms with Gasteiger partial charge in [-0.15, -0.1) is 0 Å². The van der Waals surface area contributed by atoms with Crippen LogP contribution in [0.5, 0.6) is 0 Å². The molecule has 0 radical (unpaired) electrons. The SMILES string of the molecule is CCCCNCc1ccc(C)cc1. The molecule has 0 aliphatic heterocycles. The minimum absolute atomic E-state index is 1.00. The van der Waals surface area contributed by atoms with E-state index in [9.17, 15) is 0 Å². The van der Waals surface area contributed by atoms with Gasteiger partial charge in [0.1, 0.15) is 0 Å². The standard InChI is InChI=1S/C12H19N/c1-3-4-9-13-10-12-7-5-11(2)6-8-12/h5-8,13H,3-4,9-10H2,1-2H3. The second kappa shape index (κ2) is 5.76. The minimum atomic E-state index is 1.00. The smallest absolute Gasteiger partial charge is 0.0205 e. The molecule has 0 heterocycles. The Balaban J connectivity index is 2.25. The predicted octanol–water partition coefficient (Wildman–Crippen LogP) is 2.88. The predicted molar refractivity (Wildman–Crippen MR) is 57.8 cm³/mol. The fraction of sp³-hybridized carbons (Fsp3) is 0.500. The Kier molecular flexibility index (Phi) is 4.55. The van der Waals surface area contributed by atoms with Gasteiger partial charge in [-0.05, 0) is 25.5 Å². The Labute approximate surface area is 81.2 Å². The molecule has 1 aromatic carbocycles.